The Labute approximate surface area is 222 Å². The first kappa shape index (κ1) is 25.4. The average Bonchev–Trinajstić information content (AvgIpc) is 3.37. The van der Waals surface area contributed by atoms with E-state index < -0.39 is 6.04 Å². The van der Waals surface area contributed by atoms with Crippen molar-refractivity contribution in [1.29, 1.82) is 0 Å². The smallest absolute Gasteiger partial charge is 0.239 e. The van der Waals surface area contributed by atoms with Crippen LogP contribution in [-0.4, -0.2) is 32.5 Å². The van der Waals surface area contributed by atoms with Crippen molar-refractivity contribution in [2.45, 2.75) is 39.3 Å². The lowest BCUT2D eigenvalue weighted by Gasteiger charge is -2.38. The van der Waals surface area contributed by atoms with E-state index in [9.17, 15) is 9.59 Å². The number of fused-ring (bicyclic) bond motifs is 1. The highest BCUT2D eigenvalue weighted by molar-refractivity contribution is 6.02. The molecule has 0 fully saturated rings. The van der Waals surface area contributed by atoms with Crippen LogP contribution in [0.4, 0.5) is 11.4 Å². The van der Waals surface area contributed by atoms with Crippen LogP contribution in [0.5, 0.6) is 11.5 Å². The van der Waals surface area contributed by atoms with Gasteiger partial charge in [-0.05, 0) is 42.2 Å². The van der Waals surface area contributed by atoms with Gasteiger partial charge >= 0.3 is 0 Å². The maximum Gasteiger partial charge on any atom is 0.239 e. The van der Waals surface area contributed by atoms with Crippen LogP contribution in [0.1, 0.15) is 44.1 Å². The number of carbonyl (C=O) groups excluding carboxylic acids is 2. The standard InChI is InChI=1S/C30H33N3O5/c1-30(2)15-22-27(24(34)16-30)28(20-10-7-13-25(36-3)29(20)37-4)33(23-12-6-5-11-21(23)32-22)18-26(35)31-17-19-9-8-14-38-19/h5-14,28,32H,15-18H2,1-4H3,(H,31,35). The summed E-state index contributed by atoms with van der Waals surface area (Å²) in [5.74, 6) is 1.61. The number of amides is 1. The molecule has 0 radical (unpaired) electrons. The minimum atomic E-state index is -0.579. The molecule has 1 aliphatic heterocycles. The zero-order valence-corrected chi connectivity index (χ0v) is 22.2. The average molecular weight is 516 g/mol. The van der Waals surface area contributed by atoms with E-state index in [1.807, 2.05) is 53.4 Å². The number of methoxy groups -OCH3 is 2. The molecular weight excluding hydrogens is 482 g/mol. The van der Waals surface area contributed by atoms with E-state index in [1.165, 1.54) is 0 Å². The Hall–Kier alpha value is -4.20. The topological polar surface area (TPSA) is 93.0 Å². The second kappa shape index (κ2) is 10.3. The van der Waals surface area contributed by atoms with Crippen LogP contribution in [0.15, 0.2) is 76.5 Å². The van der Waals surface area contributed by atoms with Gasteiger partial charge in [0.25, 0.3) is 0 Å². The fraction of sp³-hybridized carbons (Fsp3) is 0.333. The maximum atomic E-state index is 13.9. The minimum absolute atomic E-state index is 0.0118. The Kier molecular flexibility index (Phi) is 6.89. The molecule has 1 aliphatic carbocycles. The van der Waals surface area contributed by atoms with Crippen molar-refractivity contribution < 1.29 is 23.5 Å². The summed E-state index contributed by atoms with van der Waals surface area (Å²) in [7, 11) is 3.18. The zero-order chi connectivity index (χ0) is 26.9. The Morgan fingerprint density at radius 2 is 1.89 bits per heavy atom. The quantitative estimate of drug-likeness (QED) is 0.445. The molecule has 2 N–H and O–H groups in total. The van der Waals surface area contributed by atoms with E-state index >= 15 is 0 Å². The minimum Gasteiger partial charge on any atom is -0.493 e. The first-order valence-corrected chi connectivity index (χ1v) is 12.7. The predicted molar refractivity (Wildman–Crippen MR) is 145 cm³/mol. The SMILES string of the molecule is COc1cccc(C2C3=C(CC(C)(C)CC3=O)Nc3ccccc3N2CC(=O)NCc2ccco2)c1OC. The molecule has 1 atom stereocenters. The summed E-state index contributed by atoms with van der Waals surface area (Å²) < 4.78 is 16.8. The maximum absolute atomic E-state index is 13.9. The van der Waals surface area contributed by atoms with Crippen molar-refractivity contribution in [2.24, 2.45) is 5.41 Å². The molecule has 1 unspecified atom stereocenters. The number of furan rings is 1. The molecule has 38 heavy (non-hydrogen) atoms. The monoisotopic (exact) mass is 515 g/mol. The Balaban J connectivity index is 1.67. The third-order valence-corrected chi connectivity index (χ3v) is 7.09. The van der Waals surface area contributed by atoms with E-state index in [-0.39, 0.29) is 30.2 Å². The summed E-state index contributed by atoms with van der Waals surface area (Å²) in [5.41, 5.74) is 3.73. The van der Waals surface area contributed by atoms with Gasteiger partial charge in [0.2, 0.25) is 5.91 Å². The van der Waals surface area contributed by atoms with Gasteiger partial charge in [-0.1, -0.05) is 38.1 Å². The first-order valence-electron chi connectivity index (χ1n) is 12.7. The van der Waals surface area contributed by atoms with Gasteiger partial charge in [0.05, 0.1) is 51.0 Å². The fourth-order valence-electron chi connectivity index (χ4n) is 5.49. The molecule has 2 aromatic carbocycles. The third-order valence-electron chi connectivity index (χ3n) is 7.09. The van der Waals surface area contributed by atoms with Crippen LogP contribution in [0.2, 0.25) is 0 Å². The van der Waals surface area contributed by atoms with E-state index in [4.69, 9.17) is 13.9 Å². The summed E-state index contributed by atoms with van der Waals surface area (Å²) in [6, 6.07) is 16.5. The summed E-state index contributed by atoms with van der Waals surface area (Å²) >= 11 is 0. The number of anilines is 2. The van der Waals surface area contributed by atoms with Crippen LogP contribution >= 0.6 is 0 Å². The first-order chi connectivity index (χ1) is 18.3. The van der Waals surface area contributed by atoms with Crippen LogP contribution in [0.3, 0.4) is 0 Å². The lowest BCUT2D eigenvalue weighted by Crippen LogP contribution is -2.42. The zero-order valence-electron chi connectivity index (χ0n) is 22.2. The van der Waals surface area contributed by atoms with Gasteiger partial charge in [0.15, 0.2) is 17.3 Å². The van der Waals surface area contributed by atoms with E-state index in [0.29, 0.717) is 35.7 Å². The molecule has 2 aliphatic rings. The fourth-order valence-corrected chi connectivity index (χ4v) is 5.49. The molecule has 8 heteroatoms. The van der Waals surface area contributed by atoms with E-state index in [0.717, 1.165) is 22.6 Å². The summed E-state index contributed by atoms with van der Waals surface area (Å²) in [4.78, 5) is 29.2. The molecule has 3 aromatic rings. The van der Waals surface area contributed by atoms with Gasteiger partial charge < -0.3 is 29.4 Å². The number of nitrogens with one attached hydrogen (secondary N) is 2. The van der Waals surface area contributed by atoms with Crippen LogP contribution < -0.4 is 25.0 Å². The number of benzene rings is 2. The second-order valence-corrected chi connectivity index (χ2v) is 10.4. The second-order valence-electron chi connectivity index (χ2n) is 10.4. The summed E-state index contributed by atoms with van der Waals surface area (Å²) in [5, 5.41) is 6.52. The van der Waals surface area contributed by atoms with Gasteiger partial charge in [-0.15, -0.1) is 0 Å². The number of hydrogen-bond donors (Lipinski definition) is 2. The highest BCUT2D eigenvalue weighted by Gasteiger charge is 2.43. The van der Waals surface area contributed by atoms with Crippen molar-refractivity contribution in [3.8, 4) is 11.5 Å². The third kappa shape index (κ3) is 4.86. The van der Waals surface area contributed by atoms with Crippen molar-refractivity contribution >= 4 is 23.1 Å². The Bertz CT molecular complexity index is 1380. The number of allylic oxidation sites excluding steroid dienone is 1. The van der Waals surface area contributed by atoms with Crippen molar-refractivity contribution in [3.05, 3.63) is 83.5 Å². The predicted octanol–water partition coefficient (Wildman–Crippen LogP) is 5.23. The van der Waals surface area contributed by atoms with Crippen molar-refractivity contribution in [2.75, 3.05) is 31.0 Å². The number of nitrogens with zero attached hydrogens (tertiary/aromatic N) is 1. The Morgan fingerprint density at radius 3 is 2.63 bits per heavy atom. The highest BCUT2D eigenvalue weighted by atomic mass is 16.5. The molecule has 1 amide bonds. The molecule has 198 valence electrons. The number of rotatable bonds is 7. The van der Waals surface area contributed by atoms with Crippen LogP contribution in [0, 0.1) is 5.41 Å². The number of para-hydroxylation sites is 3. The lowest BCUT2D eigenvalue weighted by atomic mass is 9.73. The number of ether oxygens (including phenoxy) is 2. The van der Waals surface area contributed by atoms with Crippen LogP contribution in [0.25, 0.3) is 0 Å². The van der Waals surface area contributed by atoms with E-state index in [1.54, 1.807) is 26.5 Å². The number of carbonyl (C=O) groups is 2. The molecule has 5 rings (SSSR count). The van der Waals surface area contributed by atoms with Gasteiger partial charge in [0.1, 0.15) is 5.76 Å². The number of hydrogen-bond acceptors (Lipinski definition) is 7. The Morgan fingerprint density at radius 1 is 1.08 bits per heavy atom. The van der Waals surface area contributed by atoms with Crippen LogP contribution in [-0.2, 0) is 16.1 Å². The molecule has 0 spiro atoms. The van der Waals surface area contributed by atoms with Crippen molar-refractivity contribution in [1.82, 2.24) is 5.32 Å². The normalized spacial score (nSPS) is 18.2. The van der Waals surface area contributed by atoms with Gasteiger partial charge in [-0.2, -0.15) is 0 Å². The number of Topliss-reactive ketones (excluding diaryl/α,β-unsaturated/α-hetero) is 1. The number of ketones is 1. The van der Waals surface area contributed by atoms with Gasteiger partial charge in [-0.3, -0.25) is 9.59 Å². The largest absolute Gasteiger partial charge is 0.493 e. The summed E-state index contributed by atoms with van der Waals surface area (Å²) in [6.45, 7) is 4.49. The lowest BCUT2D eigenvalue weighted by molar-refractivity contribution is -0.121. The van der Waals surface area contributed by atoms with E-state index in [2.05, 4.69) is 24.5 Å². The highest BCUT2D eigenvalue weighted by Crippen LogP contribution is 2.50. The summed E-state index contributed by atoms with van der Waals surface area (Å²) in [6.07, 6.45) is 2.68. The molecule has 1 aromatic heterocycles. The van der Waals surface area contributed by atoms with Gasteiger partial charge in [0, 0.05) is 23.3 Å². The molecule has 2 heterocycles. The molecule has 0 saturated heterocycles. The van der Waals surface area contributed by atoms with Crippen molar-refractivity contribution in [3.63, 3.8) is 0 Å². The molecule has 8 nitrogen and oxygen atoms in total. The molecular formula is C30H33N3O5. The molecule has 0 saturated carbocycles. The molecule has 0 bridgehead atoms. The van der Waals surface area contributed by atoms with Gasteiger partial charge in [-0.25, -0.2) is 0 Å².